The summed E-state index contributed by atoms with van der Waals surface area (Å²) >= 11 is 0. The molecule has 0 radical (unpaired) electrons. The van der Waals surface area contributed by atoms with Crippen LogP contribution in [0.4, 0.5) is 5.69 Å². The fourth-order valence-electron chi connectivity index (χ4n) is 7.48. The minimum atomic E-state index is 0.617. The normalized spacial score (nSPS) is 11.8. The third kappa shape index (κ3) is 3.63. The molecule has 0 N–H and O–H groups in total. The van der Waals surface area contributed by atoms with Crippen LogP contribution < -0.4 is 0 Å². The van der Waals surface area contributed by atoms with Gasteiger partial charge in [0.15, 0.2) is 5.58 Å². The van der Waals surface area contributed by atoms with E-state index in [-0.39, 0.29) is 0 Å². The molecule has 0 saturated heterocycles. The highest BCUT2D eigenvalue weighted by Crippen LogP contribution is 2.41. The highest BCUT2D eigenvalue weighted by Gasteiger charge is 2.20. The van der Waals surface area contributed by atoms with Gasteiger partial charge in [0.1, 0.15) is 5.58 Å². The predicted molar refractivity (Wildman–Crippen MR) is 194 cm³/mol. The number of hydrogen-bond acceptors (Lipinski definition) is 1. The summed E-state index contributed by atoms with van der Waals surface area (Å²) in [5, 5.41) is 6.92. The van der Waals surface area contributed by atoms with E-state index in [1.54, 1.807) is 0 Å². The Balaban J connectivity index is 1.22. The Kier molecular flexibility index (Phi) is 5.32. The van der Waals surface area contributed by atoms with Crippen molar-refractivity contribution >= 4 is 71.2 Å². The number of rotatable bonds is 3. The van der Waals surface area contributed by atoms with E-state index in [0.29, 0.717) is 5.69 Å². The Morgan fingerprint density at radius 3 is 1.79 bits per heavy atom. The van der Waals surface area contributed by atoms with Crippen LogP contribution in [0.1, 0.15) is 0 Å². The van der Waals surface area contributed by atoms with Crippen molar-refractivity contribution in [1.29, 1.82) is 0 Å². The van der Waals surface area contributed by atoms with E-state index >= 15 is 0 Å². The summed E-state index contributed by atoms with van der Waals surface area (Å²) < 4.78 is 11.1. The zero-order chi connectivity index (χ0) is 31.1. The maximum atomic E-state index is 8.07. The number of para-hydroxylation sites is 4. The zero-order valence-corrected chi connectivity index (χ0v) is 25.2. The number of hydrogen-bond donors (Lipinski definition) is 0. The molecule has 3 aromatic heterocycles. The molecule has 4 nitrogen and oxygen atoms in total. The van der Waals surface area contributed by atoms with E-state index in [4.69, 9.17) is 11.0 Å². The molecule has 0 fully saturated rings. The molecule has 0 atom stereocenters. The fourth-order valence-corrected chi connectivity index (χ4v) is 7.48. The molecule has 0 spiro atoms. The third-order valence-electron chi connectivity index (χ3n) is 9.53. The summed E-state index contributed by atoms with van der Waals surface area (Å²) in [7, 11) is 0. The summed E-state index contributed by atoms with van der Waals surface area (Å²) in [5.41, 5.74) is 10.8. The van der Waals surface area contributed by atoms with Crippen LogP contribution in [-0.4, -0.2) is 9.13 Å². The molecular weight excluding hydrogens is 574 g/mol. The molecule has 47 heavy (non-hydrogen) atoms. The quantitative estimate of drug-likeness (QED) is 0.186. The van der Waals surface area contributed by atoms with Gasteiger partial charge in [0.2, 0.25) is 5.69 Å². The third-order valence-corrected chi connectivity index (χ3v) is 9.53. The number of benzene rings is 7. The average Bonchev–Trinajstić information content (AvgIpc) is 3.79. The predicted octanol–water partition coefficient (Wildman–Crippen LogP) is 12.0. The van der Waals surface area contributed by atoms with Crippen LogP contribution in [-0.2, 0) is 0 Å². The van der Waals surface area contributed by atoms with Crippen molar-refractivity contribution in [2.75, 3.05) is 0 Å². The van der Waals surface area contributed by atoms with E-state index in [1.165, 1.54) is 16.2 Å². The molecule has 0 aliphatic carbocycles. The lowest BCUT2D eigenvalue weighted by molar-refractivity contribution is 0.671. The molecule has 3 heterocycles. The minimum absolute atomic E-state index is 0.617. The van der Waals surface area contributed by atoms with Gasteiger partial charge in [-0.2, -0.15) is 0 Å². The van der Waals surface area contributed by atoms with Crippen LogP contribution in [0.3, 0.4) is 0 Å². The lowest BCUT2D eigenvalue weighted by Gasteiger charge is -2.14. The molecule has 7 aromatic carbocycles. The Morgan fingerprint density at radius 1 is 0.468 bits per heavy atom. The number of nitrogens with zero attached hydrogens (tertiary/aromatic N) is 3. The summed E-state index contributed by atoms with van der Waals surface area (Å²) in [6, 6.07) is 52.9. The molecular formula is C43H25N3O. The van der Waals surface area contributed by atoms with E-state index in [2.05, 4.69) is 147 Å². The second-order valence-electron chi connectivity index (χ2n) is 12.0. The lowest BCUT2D eigenvalue weighted by atomic mass is 10.0. The van der Waals surface area contributed by atoms with Gasteiger partial charge in [-0.3, -0.25) is 0 Å². The van der Waals surface area contributed by atoms with Crippen molar-refractivity contribution in [3.63, 3.8) is 0 Å². The standard InChI is InChI=1S/C43H25N3O/c1-44-36-24-21-28(26-40(36)46-38-18-7-2-13-30(38)31-14-3-8-19-39(31)46)27-11-10-12-29(25-27)45-37-17-6-4-15-32(37)34-22-23-35-33-16-5-9-20-41(33)47-43(35)42(34)45/h2-26H. The Bertz CT molecular complexity index is 2880. The lowest BCUT2D eigenvalue weighted by Crippen LogP contribution is -1.96. The van der Waals surface area contributed by atoms with Gasteiger partial charge in [-0.05, 0) is 59.7 Å². The molecule has 0 aliphatic heterocycles. The molecule has 0 saturated carbocycles. The number of furan rings is 1. The molecule has 0 amide bonds. The Morgan fingerprint density at radius 2 is 1.06 bits per heavy atom. The maximum absolute atomic E-state index is 8.07. The zero-order valence-electron chi connectivity index (χ0n) is 25.2. The van der Waals surface area contributed by atoms with Gasteiger partial charge in [-0.25, -0.2) is 4.85 Å². The number of fused-ring (bicyclic) bond motifs is 10. The molecule has 10 aromatic rings. The summed E-state index contributed by atoms with van der Waals surface area (Å²) in [5.74, 6) is 0. The Labute approximate surface area is 269 Å². The van der Waals surface area contributed by atoms with Crippen molar-refractivity contribution < 1.29 is 4.42 Å². The summed E-state index contributed by atoms with van der Waals surface area (Å²) in [6.07, 6.45) is 0. The first-order valence-corrected chi connectivity index (χ1v) is 15.7. The topological polar surface area (TPSA) is 27.4 Å². The number of aromatic nitrogens is 2. The van der Waals surface area contributed by atoms with Gasteiger partial charge in [-0.1, -0.05) is 103 Å². The highest BCUT2D eigenvalue weighted by molar-refractivity contribution is 6.21. The Hall–Kier alpha value is -6.57. The van der Waals surface area contributed by atoms with Gasteiger partial charge < -0.3 is 13.6 Å². The van der Waals surface area contributed by atoms with E-state index in [1.807, 2.05) is 18.2 Å². The second-order valence-corrected chi connectivity index (χ2v) is 12.0. The van der Waals surface area contributed by atoms with Crippen LogP contribution in [0.15, 0.2) is 156 Å². The smallest absolute Gasteiger partial charge is 0.210 e. The fraction of sp³-hybridized carbons (Fsp3) is 0. The second kappa shape index (κ2) is 9.71. The van der Waals surface area contributed by atoms with Crippen LogP contribution in [0.25, 0.3) is 92.9 Å². The first-order chi connectivity index (χ1) is 23.3. The summed E-state index contributed by atoms with van der Waals surface area (Å²) in [6.45, 7) is 8.07. The molecule has 0 bridgehead atoms. The molecule has 0 unspecified atom stereocenters. The van der Waals surface area contributed by atoms with Crippen LogP contribution in [0.2, 0.25) is 0 Å². The van der Waals surface area contributed by atoms with E-state index < -0.39 is 0 Å². The van der Waals surface area contributed by atoms with Gasteiger partial charge >= 0.3 is 0 Å². The van der Waals surface area contributed by atoms with Crippen molar-refractivity contribution in [2.24, 2.45) is 0 Å². The van der Waals surface area contributed by atoms with Crippen molar-refractivity contribution in [2.45, 2.75) is 0 Å². The van der Waals surface area contributed by atoms with Gasteiger partial charge in [0.05, 0.1) is 34.3 Å². The van der Waals surface area contributed by atoms with Crippen LogP contribution >= 0.6 is 0 Å². The van der Waals surface area contributed by atoms with E-state index in [9.17, 15) is 0 Å². The van der Waals surface area contributed by atoms with Crippen molar-refractivity contribution in [3.8, 4) is 22.5 Å². The molecule has 10 rings (SSSR count). The first kappa shape index (κ1) is 25.7. The van der Waals surface area contributed by atoms with Gasteiger partial charge in [0, 0.05) is 38.0 Å². The molecule has 0 aliphatic rings. The molecule has 4 heteroatoms. The average molecular weight is 600 g/mol. The van der Waals surface area contributed by atoms with Gasteiger partial charge in [-0.15, -0.1) is 0 Å². The molecule has 218 valence electrons. The highest BCUT2D eigenvalue weighted by atomic mass is 16.3. The largest absolute Gasteiger partial charge is 0.454 e. The SMILES string of the molecule is [C-]#[N+]c1ccc(-c2cccc(-n3c4ccccc4c4ccc5c6ccccc6oc5c43)c2)cc1-n1c2ccccc2c2ccccc21. The van der Waals surface area contributed by atoms with Crippen LogP contribution in [0, 0.1) is 6.57 Å². The van der Waals surface area contributed by atoms with Crippen LogP contribution in [0.5, 0.6) is 0 Å². The maximum Gasteiger partial charge on any atom is 0.210 e. The minimum Gasteiger partial charge on any atom is -0.454 e. The first-order valence-electron chi connectivity index (χ1n) is 15.7. The van der Waals surface area contributed by atoms with E-state index in [0.717, 1.165) is 71.9 Å². The van der Waals surface area contributed by atoms with Crippen molar-refractivity contribution in [3.05, 3.63) is 163 Å². The van der Waals surface area contributed by atoms with Crippen molar-refractivity contribution in [1.82, 2.24) is 9.13 Å². The summed E-state index contributed by atoms with van der Waals surface area (Å²) in [4.78, 5) is 3.96. The van der Waals surface area contributed by atoms with Gasteiger partial charge in [0.25, 0.3) is 0 Å². The monoisotopic (exact) mass is 599 g/mol.